The molecule has 0 saturated heterocycles. The molecule has 114 valence electrons. The quantitative estimate of drug-likeness (QED) is 0.227. The second-order valence-corrected chi connectivity index (χ2v) is 4.02. The van der Waals surface area contributed by atoms with Crippen molar-refractivity contribution in [3.63, 3.8) is 0 Å². The SMILES string of the molecule is CCCC(=O)C(C(=O)O)=C(F)c1cc(F)c(F)c(F)c1F. The predicted octanol–water partition coefficient (Wildman–Crippen LogP) is 3.38. The molecule has 21 heavy (non-hydrogen) atoms. The molecular formula is C13H9F5O3. The van der Waals surface area contributed by atoms with E-state index >= 15 is 0 Å². The summed E-state index contributed by atoms with van der Waals surface area (Å²) in [4.78, 5) is 22.4. The second-order valence-electron chi connectivity index (χ2n) is 4.02. The molecule has 0 spiro atoms. The normalized spacial score (nSPS) is 12.1. The van der Waals surface area contributed by atoms with Crippen LogP contribution in [0, 0.1) is 23.3 Å². The van der Waals surface area contributed by atoms with Crippen LogP contribution in [-0.2, 0) is 9.59 Å². The van der Waals surface area contributed by atoms with Gasteiger partial charge in [-0.25, -0.2) is 26.7 Å². The molecular weight excluding hydrogens is 299 g/mol. The fourth-order valence-corrected chi connectivity index (χ4v) is 1.55. The number of benzene rings is 1. The minimum absolute atomic E-state index is 0.0504. The Kier molecular flexibility index (Phi) is 5.17. The number of carboxylic acid groups (broad SMARTS) is 1. The van der Waals surface area contributed by atoms with Crippen LogP contribution in [0.3, 0.4) is 0 Å². The zero-order chi connectivity index (χ0) is 16.3. The van der Waals surface area contributed by atoms with E-state index in [1.807, 2.05) is 0 Å². The van der Waals surface area contributed by atoms with Crippen molar-refractivity contribution in [1.82, 2.24) is 0 Å². The first-order valence-corrected chi connectivity index (χ1v) is 5.71. The predicted molar refractivity (Wildman–Crippen MR) is 61.9 cm³/mol. The molecule has 0 saturated carbocycles. The van der Waals surface area contributed by atoms with Crippen LogP contribution in [0.2, 0.25) is 0 Å². The van der Waals surface area contributed by atoms with E-state index in [2.05, 4.69) is 0 Å². The van der Waals surface area contributed by atoms with Gasteiger partial charge in [0.2, 0.25) is 0 Å². The minimum Gasteiger partial charge on any atom is -0.477 e. The van der Waals surface area contributed by atoms with Gasteiger partial charge in [-0.05, 0) is 12.5 Å². The molecule has 0 aromatic heterocycles. The molecule has 3 nitrogen and oxygen atoms in total. The summed E-state index contributed by atoms with van der Waals surface area (Å²) in [7, 11) is 0. The molecule has 0 aliphatic heterocycles. The van der Waals surface area contributed by atoms with Crippen LogP contribution in [0.4, 0.5) is 22.0 Å². The summed E-state index contributed by atoms with van der Waals surface area (Å²) in [5.74, 6) is -13.6. The van der Waals surface area contributed by atoms with Gasteiger partial charge in [0.05, 0.1) is 5.56 Å². The van der Waals surface area contributed by atoms with Crippen molar-refractivity contribution in [3.8, 4) is 0 Å². The van der Waals surface area contributed by atoms with E-state index < -0.39 is 52.0 Å². The van der Waals surface area contributed by atoms with E-state index in [4.69, 9.17) is 5.11 Å². The Morgan fingerprint density at radius 1 is 1.10 bits per heavy atom. The average Bonchev–Trinajstić information content (AvgIpc) is 2.40. The number of Topliss-reactive ketones (excluding diaryl/α,β-unsaturated/α-hetero) is 1. The smallest absolute Gasteiger partial charge is 0.342 e. The topological polar surface area (TPSA) is 54.4 Å². The highest BCUT2D eigenvalue weighted by Gasteiger charge is 2.28. The third-order valence-corrected chi connectivity index (χ3v) is 2.53. The van der Waals surface area contributed by atoms with Gasteiger partial charge in [-0.2, -0.15) is 0 Å². The maximum absolute atomic E-state index is 14.0. The second kappa shape index (κ2) is 6.47. The molecule has 0 unspecified atom stereocenters. The molecule has 0 fully saturated rings. The molecule has 0 atom stereocenters. The summed E-state index contributed by atoms with van der Waals surface area (Å²) in [6, 6.07) is -0.0504. The van der Waals surface area contributed by atoms with Gasteiger partial charge in [0.25, 0.3) is 0 Å². The number of halogens is 5. The number of aliphatic carboxylic acids is 1. The van der Waals surface area contributed by atoms with Gasteiger partial charge in [-0.15, -0.1) is 0 Å². The lowest BCUT2D eigenvalue weighted by atomic mass is 10.0. The summed E-state index contributed by atoms with van der Waals surface area (Å²) >= 11 is 0. The van der Waals surface area contributed by atoms with Crippen molar-refractivity contribution < 1.29 is 36.6 Å². The molecule has 1 N–H and O–H groups in total. The van der Waals surface area contributed by atoms with Crippen molar-refractivity contribution in [2.75, 3.05) is 0 Å². The van der Waals surface area contributed by atoms with Crippen LogP contribution in [0.15, 0.2) is 11.6 Å². The van der Waals surface area contributed by atoms with Crippen LogP contribution < -0.4 is 0 Å². The lowest BCUT2D eigenvalue weighted by Crippen LogP contribution is -2.14. The lowest BCUT2D eigenvalue weighted by Gasteiger charge is -2.07. The minimum atomic E-state index is -2.30. The Bertz CT molecular complexity index is 637. The first-order chi connectivity index (χ1) is 9.72. The fraction of sp³-hybridized carbons (Fsp3) is 0.231. The molecule has 1 aromatic rings. The molecule has 0 heterocycles. The number of hydrogen-bond donors (Lipinski definition) is 1. The van der Waals surface area contributed by atoms with Crippen molar-refractivity contribution in [1.29, 1.82) is 0 Å². The average molecular weight is 308 g/mol. The molecule has 0 bridgehead atoms. The van der Waals surface area contributed by atoms with Crippen LogP contribution in [0.25, 0.3) is 5.83 Å². The van der Waals surface area contributed by atoms with Crippen molar-refractivity contribution in [2.24, 2.45) is 0 Å². The molecule has 0 radical (unpaired) electrons. The zero-order valence-electron chi connectivity index (χ0n) is 10.6. The number of carbonyl (C=O) groups excluding carboxylic acids is 1. The maximum atomic E-state index is 14.0. The highest BCUT2D eigenvalue weighted by molar-refractivity contribution is 6.21. The van der Waals surface area contributed by atoms with Gasteiger partial charge in [0.15, 0.2) is 34.9 Å². The largest absolute Gasteiger partial charge is 0.477 e. The van der Waals surface area contributed by atoms with E-state index in [9.17, 15) is 31.5 Å². The summed E-state index contributed by atoms with van der Waals surface area (Å²) in [5.41, 5.74) is -2.91. The Morgan fingerprint density at radius 2 is 1.67 bits per heavy atom. The summed E-state index contributed by atoms with van der Waals surface area (Å²) in [6.07, 6.45) is -0.180. The van der Waals surface area contributed by atoms with E-state index in [0.29, 0.717) is 0 Å². The van der Waals surface area contributed by atoms with Gasteiger partial charge < -0.3 is 5.11 Å². The van der Waals surface area contributed by atoms with E-state index in [1.165, 1.54) is 6.92 Å². The Hall–Kier alpha value is -2.25. The van der Waals surface area contributed by atoms with Crippen LogP contribution in [-0.4, -0.2) is 16.9 Å². The fourth-order valence-electron chi connectivity index (χ4n) is 1.55. The first kappa shape index (κ1) is 16.8. The Labute approximate surface area is 115 Å². The van der Waals surface area contributed by atoms with Gasteiger partial charge in [-0.1, -0.05) is 6.92 Å². The van der Waals surface area contributed by atoms with Crippen molar-refractivity contribution in [3.05, 3.63) is 40.5 Å². The van der Waals surface area contributed by atoms with Crippen LogP contribution in [0.5, 0.6) is 0 Å². The number of ketones is 1. The molecule has 0 aliphatic rings. The Balaban J connectivity index is 3.59. The third-order valence-electron chi connectivity index (χ3n) is 2.53. The van der Waals surface area contributed by atoms with Crippen LogP contribution >= 0.6 is 0 Å². The maximum Gasteiger partial charge on any atom is 0.342 e. The molecule has 1 rings (SSSR count). The lowest BCUT2D eigenvalue weighted by molar-refractivity contribution is -0.134. The van der Waals surface area contributed by atoms with E-state index in [-0.39, 0.29) is 18.9 Å². The number of carboxylic acids is 1. The Morgan fingerprint density at radius 3 is 2.14 bits per heavy atom. The van der Waals surface area contributed by atoms with Gasteiger partial charge in [0.1, 0.15) is 5.57 Å². The van der Waals surface area contributed by atoms with E-state index in [0.717, 1.165) is 0 Å². The standard InChI is InChI=1S/C13H9F5O3/c1-2-3-7(19)8(13(20)21)9(15)5-4-6(14)11(17)12(18)10(5)16/h4H,2-3H2,1H3,(H,20,21). The summed E-state index contributed by atoms with van der Waals surface area (Å²) in [6.45, 7) is 1.51. The first-order valence-electron chi connectivity index (χ1n) is 5.71. The number of rotatable bonds is 5. The zero-order valence-corrected chi connectivity index (χ0v) is 10.6. The van der Waals surface area contributed by atoms with Crippen molar-refractivity contribution >= 4 is 17.6 Å². The molecule has 8 heteroatoms. The summed E-state index contributed by atoms with van der Waals surface area (Å²) < 4.78 is 66.1. The monoisotopic (exact) mass is 308 g/mol. The van der Waals surface area contributed by atoms with Gasteiger partial charge in [-0.3, -0.25) is 4.79 Å². The highest BCUT2D eigenvalue weighted by Crippen LogP contribution is 2.28. The van der Waals surface area contributed by atoms with Gasteiger partial charge in [0, 0.05) is 6.42 Å². The van der Waals surface area contributed by atoms with Crippen molar-refractivity contribution in [2.45, 2.75) is 19.8 Å². The number of carbonyl (C=O) groups is 2. The van der Waals surface area contributed by atoms with Gasteiger partial charge >= 0.3 is 5.97 Å². The number of hydrogen-bond acceptors (Lipinski definition) is 2. The molecule has 0 aliphatic carbocycles. The molecule has 0 amide bonds. The highest BCUT2D eigenvalue weighted by atomic mass is 19.2. The molecule has 1 aromatic carbocycles. The van der Waals surface area contributed by atoms with Crippen LogP contribution in [0.1, 0.15) is 25.3 Å². The van der Waals surface area contributed by atoms with E-state index in [1.54, 1.807) is 0 Å². The third kappa shape index (κ3) is 3.26. The summed E-state index contributed by atoms with van der Waals surface area (Å²) in [5, 5.41) is 8.78.